The molecule has 0 spiro atoms. The van der Waals surface area contributed by atoms with E-state index in [0.29, 0.717) is 0 Å². The van der Waals surface area contributed by atoms with E-state index in [2.05, 4.69) is 243 Å². The van der Waals surface area contributed by atoms with Crippen LogP contribution in [-0.4, -0.2) is 17.9 Å². The van der Waals surface area contributed by atoms with Crippen LogP contribution in [0.15, 0.2) is 206 Å². The number of unbranched alkanes of at least 4 members (excludes halogenated alkanes) is 20. The molecule has 16 rings (SSSR count). The second-order valence-electron chi connectivity index (χ2n) is 30.4. The Morgan fingerprint density at radius 3 is 0.893 bits per heavy atom. The van der Waals surface area contributed by atoms with Gasteiger partial charge in [-0.2, -0.15) is 8.75 Å². The largest absolute Gasteiger partial charge is 0.309 e. The summed E-state index contributed by atoms with van der Waals surface area (Å²) in [7, 11) is 0. The highest BCUT2D eigenvalue weighted by Crippen LogP contribution is 2.59. The van der Waals surface area contributed by atoms with Crippen LogP contribution in [0.5, 0.6) is 0 Å². The third kappa shape index (κ3) is 13.2. The third-order valence-corrected chi connectivity index (χ3v) is 26.8. The molecule has 0 N–H and O–H groups in total. The highest BCUT2D eigenvalue weighted by molar-refractivity contribution is 7.19. The summed E-state index contributed by atoms with van der Waals surface area (Å²) in [6.45, 7) is 9.35. The molecule has 524 valence electrons. The van der Waals surface area contributed by atoms with Crippen LogP contribution in [0.3, 0.4) is 0 Å². The number of para-hydroxylation sites is 4. The first-order valence-corrected chi connectivity index (χ1v) is 42.3. The molecular weight excluding hydrogens is 1310 g/mol. The Kier molecular flexibility index (Phi) is 21.0. The zero-order valence-electron chi connectivity index (χ0n) is 61.4. The highest BCUT2D eigenvalue weighted by Gasteiger charge is 2.45. The van der Waals surface area contributed by atoms with Crippen molar-refractivity contribution in [2.24, 2.45) is 0 Å². The van der Waals surface area contributed by atoms with Crippen LogP contribution in [0.25, 0.3) is 130 Å². The van der Waals surface area contributed by atoms with Gasteiger partial charge in [0.1, 0.15) is 11.0 Å². The van der Waals surface area contributed by atoms with Gasteiger partial charge in [-0.25, -0.2) is 0 Å². The summed E-state index contributed by atoms with van der Waals surface area (Å²) in [6, 6.07) is 80.4. The van der Waals surface area contributed by atoms with Crippen molar-refractivity contribution in [3.63, 3.8) is 0 Å². The molecule has 0 aliphatic heterocycles. The molecule has 2 aliphatic rings. The van der Waals surface area contributed by atoms with Crippen molar-refractivity contribution in [2.45, 2.75) is 218 Å². The smallest absolute Gasteiger partial charge is 0.114 e. The van der Waals surface area contributed by atoms with Crippen LogP contribution in [0, 0.1) is 0 Å². The van der Waals surface area contributed by atoms with Gasteiger partial charge in [0.2, 0.25) is 0 Å². The van der Waals surface area contributed by atoms with Crippen molar-refractivity contribution >= 4 is 89.0 Å². The Labute approximate surface area is 624 Å². The summed E-state index contributed by atoms with van der Waals surface area (Å²) in [5, 5.41) is 5.26. The molecule has 5 heterocycles. The first kappa shape index (κ1) is 69.2. The maximum atomic E-state index is 5.14. The van der Waals surface area contributed by atoms with Gasteiger partial charge < -0.3 is 9.13 Å². The van der Waals surface area contributed by atoms with Gasteiger partial charge in [0.25, 0.3) is 0 Å². The topological polar surface area (TPSA) is 35.6 Å². The lowest BCUT2D eigenvalue weighted by Crippen LogP contribution is -2.26. The number of hydrogen-bond donors (Lipinski definition) is 0. The summed E-state index contributed by atoms with van der Waals surface area (Å²) < 4.78 is 15.4. The van der Waals surface area contributed by atoms with Crippen molar-refractivity contribution in [2.75, 3.05) is 0 Å². The van der Waals surface area contributed by atoms with Crippen LogP contribution in [0.2, 0.25) is 0 Å². The fourth-order valence-corrected chi connectivity index (χ4v) is 21.3. The lowest BCUT2D eigenvalue weighted by molar-refractivity contribution is 0.398. The molecule has 4 nitrogen and oxygen atoms in total. The van der Waals surface area contributed by atoms with Crippen molar-refractivity contribution in [3.8, 4) is 75.4 Å². The number of nitrogens with zero attached hydrogens (tertiary/aromatic N) is 4. The Morgan fingerprint density at radius 2 is 0.553 bits per heavy atom. The summed E-state index contributed by atoms with van der Waals surface area (Å²) in [5.74, 6) is 0. The van der Waals surface area contributed by atoms with Gasteiger partial charge in [-0.15, -0.1) is 22.7 Å². The number of aromatic nitrogens is 4. The molecule has 0 saturated carbocycles. The predicted molar refractivity (Wildman–Crippen MR) is 448 cm³/mol. The number of hydrogen-bond acceptors (Lipinski definition) is 5. The van der Waals surface area contributed by atoms with Crippen LogP contribution in [0.4, 0.5) is 0 Å². The fourth-order valence-electron chi connectivity index (χ4n) is 18.6. The van der Waals surface area contributed by atoms with E-state index in [-0.39, 0.29) is 10.8 Å². The van der Waals surface area contributed by atoms with Gasteiger partial charge in [0, 0.05) is 74.4 Å². The van der Waals surface area contributed by atoms with E-state index in [1.807, 2.05) is 22.7 Å². The molecule has 0 amide bonds. The quantitative estimate of drug-likeness (QED) is 0.0377. The molecule has 0 atom stereocenters. The third-order valence-electron chi connectivity index (χ3n) is 23.9. The molecule has 7 heteroatoms. The molecule has 14 aromatic rings. The van der Waals surface area contributed by atoms with Crippen LogP contribution in [-0.2, 0) is 10.8 Å². The fraction of sp³-hybridized carbons (Fsp3) is 0.354. The van der Waals surface area contributed by atoms with Crippen LogP contribution < -0.4 is 0 Å². The molecule has 0 unspecified atom stereocenters. The molecule has 0 fully saturated rings. The summed E-state index contributed by atoms with van der Waals surface area (Å²) >= 11 is 5.16. The molecule has 0 saturated heterocycles. The molecule has 5 aromatic heterocycles. The lowest BCUT2D eigenvalue weighted by Gasteiger charge is -2.33. The Bertz CT molecular complexity index is 4830. The molecule has 0 radical (unpaired) electrons. The molecule has 103 heavy (non-hydrogen) atoms. The first-order chi connectivity index (χ1) is 50.9. The minimum Gasteiger partial charge on any atom is -0.309 e. The van der Waals surface area contributed by atoms with Crippen molar-refractivity contribution in [1.29, 1.82) is 0 Å². The number of benzene rings is 9. The zero-order chi connectivity index (χ0) is 69.7. The second kappa shape index (κ2) is 31.2. The van der Waals surface area contributed by atoms with E-state index >= 15 is 0 Å². The molecule has 2 aliphatic carbocycles. The van der Waals surface area contributed by atoms with E-state index in [4.69, 9.17) is 8.75 Å². The average molecular weight is 1410 g/mol. The predicted octanol–water partition coefficient (Wildman–Crippen LogP) is 30.2. The molecular formula is C96H102N4S3. The Balaban J connectivity index is 0.725. The van der Waals surface area contributed by atoms with E-state index in [1.54, 1.807) is 0 Å². The monoisotopic (exact) mass is 1410 g/mol. The SMILES string of the molecule is CCCCCCCCC1(CCCCCCCC)c2cc(-c3ccc(-c4ccc(-c5ccc(-c6ccc7c(c6)C(CCCCCCCC)(CCCCCCCC)c6cc(-n8c9ccccc9c9ccccc98)ccc6-7)s5)c5nsnc45)s3)ccc2-c2ccc(-n3c4ccccc4c4ccccc43)cc21. The van der Waals surface area contributed by atoms with E-state index in [1.165, 1.54) is 333 Å². The molecule has 0 bridgehead atoms. The number of rotatable bonds is 34. The minimum absolute atomic E-state index is 0.0844. The standard InChI is InChI=1S/C96H102N4S3/c1-5-9-13-17-21-33-59-95(60-34-22-18-14-10-6-2)81-63-67(45-49-71(81)73-51-47-69(65-83(73)95)99-85-41-29-25-37-75(85)76-38-26-30-42-86(76)99)89-55-57-91(101-89)79-53-54-80(94-93(79)97-103-98-94)92-58-56-90(102-92)68-46-50-72-74-52-48-70(100-87-43-31-27-39-77(87)78-40-28-32-44-88(78)100)66-84(74)96(82(72)64-68,61-35-23-19-15-11-7-3)62-36-24-20-16-12-8-4/h25-32,37-58,63-66H,5-24,33-36,59-62H2,1-4H3. The summed E-state index contributed by atoms with van der Waals surface area (Å²) in [4.78, 5) is 5.09. The number of fused-ring (bicyclic) bond motifs is 13. The van der Waals surface area contributed by atoms with Crippen molar-refractivity contribution in [3.05, 3.63) is 229 Å². The lowest BCUT2D eigenvalue weighted by atomic mass is 9.70. The van der Waals surface area contributed by atoms with Gasteiger partial charge in [-0.3, -0.25) is 0 Å². The maximum absolute atomic E-state index is 5.14. The van der Waals surface area contributed by atoms with Gasteiger partial charge in [-0.1, -0.05) is 303 Å². The summed E-state index contributed by atoms with van der Waals surface area (Å²) in [5.41, 5.74) is 26.3. The first-order valence-electron chi connectivity index (χ1n) is 40.0. The Hall–Kier alpha value is -8.20. The van der Waals surface area contributed by atoms with Crippen LogP contribution >= 0.6 is 34.4 Å². The molecule has 9 aromatic carbocycles. The summed E-state index contributed by atoms with van der Waals surface area (Å²) in [6.07, 6.45) is 35.8. The minimum atomic E-state index is -0.0844. The Morgan fingerprint density at radius 1 is 0.272 bits per heavy atom. The number of thiophene rings is 2. The maximum Gasteiger partial charge on any atom is 0.114 e. The van der Waals surface area contributed by atoms with Gasteiger partial charge in [-0.05, 0) is 166 Å². The van der Waals surface area contributed by atoms with E-state index in [0.717, 1.165) is 11.0 Å². The highest BCUT2D eigenvalue weighted by atomic mass is 32.1. The van der Waals surface area contributed by atoms with Crippen molar-refractivity contribution < 1.29 is 0 Å². The van der Waals surface area contributed by atoms with Crippen LogP contribution in [0.1, 0.15) is 230 Å². The van der Waals surface area contributed by atoms with Gasteiger partial charge in [0.05, 0.1) is 33.8 Å². The normalized spacial score (nSPS) is 13.5. The van der Waals surface area contributed by atoms with Gasteiger partial charge in [0.15, 0.2) is 0 Å². The van der Waals surface area contributed by atoms with E-state index in [9.17, 15) is 0 Å². The van der Waals surface area contributed by atoms with Crippen molar-refractivity contribution in [1.82, 2.24) is 17.9 Å². The second-order valence-corrected chi connectivity index (χ2v) is 33.1. The van der Waals surface area contributed by atoms with E-state index < -0.39 is 0 Å². The van der Waals surface area contributed by atoms with Gasteiger partial charge >= 0.3 is 0 Å². The zero-order valence-corrected chi connectivity index (χ0v) is 63.9. The average Bonchev–Trinajstić information content (AvgIpc) is 1.56.